The van der Waals surface area contributed by atoms with Crippen LogP contribution in [0.25, 0.3) is 0 Å². The molecule has 0 spiro atoms. The largest absolute Gasteiger partial charge is 0.340 e. The summed E-state index contributed by atoms with van der Waals surface area (Å²) in [7, 11) is 1.97. The monoisotopic (exact) mass is 302 g/mol. The van der Waals surface area contributed by atoms with Crippen molar-refractivity contribution in [3.63, 3.8) is 0 Å². The van der Waals surface area contributed by atoms with Crippen molar-refractivity contribution in [2.45, 2.75) is 31.6 Å². The van der Waals surface area contributed by atoms with Gasteiger partial charge in [-0.05, 0) is 49.9 Å². The molecule has 5 heteroatoms. The fraction of sp³-hybridized carbons (Fsp3) is 0.529. The number of nitrogens with zero attached hydrogens (tertiary/aromatic N) is 1. The Balaban J connectivity index is 1.42. The van der Waals surface area contributed by atoms with Crippen molar-refractivity contribution < 1.29 is 14.4 Å². The van der Waals surface area contributed by atoms with E-state index in [0.717, 1.165) is 18.5 Å². The van der Waals surface area contributed by atoms with Crippen LogP contribution in [0.2, 0.25) is 0 Å². The number of nitrogens with one attached hydrogen (secondary N) is 1. The van der Waals surface area contributed by atoms with Crippen LogP contribution in [0.4, 0.5) is 0 Å². The Bertz CT molecular complexity index is 552. The average molecular weight is 302 g/mol. The second-order valence-corrected chi connectivity index (χ2v) is 6.39. The Morgan fingerprint density at radius 2 is 1.95 bits per heavy atom. The van der Waals surface area contributed by atoms with Crippen LogP contribution in [0.1, 0.15) is 36.3 Å². The van der Waals surface area contributed by atoms with Crippen LogP contribution < -0.4 is 5.48 Å². The van der Waals surface area contributed by atoms with Gasteiger partial charge in [0.15, 0.2) is 0 Å². The number of carbonyl (C=O) groups is 2. The fourth-order valence-corrected chi connectivity index (χ4v) is 2.86. The van der Waals surface area contributed by atoms with Crippen LogP contribution in [0, 0.1) is 5.92 Å². The van der Waals surface area contributed by atoms with Crippen LogP contribution >= 0.6 is 0 Å². The van der Waals surface area contributed by atoms with Crippen molar-refractivity contribution in [1.82, 2.24) is 10.4 Å². The summed E-state index contributed by atoms with van der Waals surface area (Å²) in [6.45, 7) is 1.58. The molecule has 1 atom stereocenters. The normalized spacial score (nSPS) is 21.6. The number of benzene rings is 1. The standard InChI is InChI=1S/C17H22N2O3/c1-19-9-8-15(11-19)17(21)22-18-16(20)10-12-2-4-13(5-3-12)14-6-7-14/h2-5,14-15H,6-11H2,1H3,(H,18,20). The molecule has 5 nitrogen and oxygen atoms in total. The molecule has 118 valence electrons. The van der Waals surface area contributed by atoms with Gasteiger partial charge in [0.25, 0.3) is 5.91 Å². The topological polar surface area (TPSA) is 58.6 Å². The molecule has 1 saturated carbocycles. The molecular weight excluding hydrogens is 280 g/mol. The second-order valence-electron chi connectivity index (χ2n) is 6.39. The van der Waals surface area contributed by atoms with Gasteiger partial charge in [-0.3, -0.25) is 4.79 Å². The van der Waals surface area contributed by atoms with Crippen molar-refractivity contribution in [2.24, 2.45) is 5.92 Å². The van der Waals surface area contributed by atoms with Gasteiger partial charge in [-0.15, -0.1) is 0 Å². The van der Waals surface area contributed by atoms with Gasteiger partial charge in [-0.25, -0.2) is 4.79 Å². The third-order valence-corrected chi connectivity index (χ3v) is 4.38. The molecule has 22 heavy (non-hydrogen) atoms. The lowest BCUT2D eigenvalue weighted by Crippen LogP contribution is -2.32. The highest BCUT2D eigenvalue weighted by molar-refractivity contribution is 5.80. The van der Waals surface area contributed by atoms with Crippen molar-refractivity contribution in [3.8, 4) is 0 Å². The molecule has 3 rings (SSSR count). The van der Waals surface area contributed by atoms with Crippen LogP contribution in [0.15, 0.2) is 24.3 Å². The van der Waals surface area contributed by atoms with E-state index in [1.54, 1.807) is 0 Å². The van der Waals surface area contributed by atoms with Crippen LogP contribution in [0.3, 0.4) is 0 Å². The molecule has 1 aromatic carbocycles. The Hall–Kier alpha value is -1.88. The van der Waals surface area contributed by atoms with Crippen LogP contribution in [-0.2, 0) is 20.8 Å². The van der Waals surface area contributed by atoms with E-state index >= 15 is 0 Å². The van der Waals surface area contributed by atoms with E-state index in [9.17, 15) is 9.59 Å². The summed E-state index contributed by atoms with van der Waals surface area (Å²) in [4.78, 5) is 30.6. The van der Waals surface area contributed by atoms with Gasteiger partial charge in [-0.1, -0.05) is 24.3 Å². The summed E-state index contributed by atoms with van der Waals surface area (Å²) in [5, 5.41) is 0. The molecule has 0 radical (unpaired) electrons. The summed E-state index contributed by atoms with van der Waals surface area (Å²) in [5.74, 6) is -0.0582. The lowest BCUT2D eigenvalue weighted by atomic mass is 10.1. The Labute approximate surface area is 130 Å². The van der Waals surface area contributed by atoms with Gasteiger partial charge < -0.3 is 9.74 Å². The lowest BCUT2D eigenvalue weighted by Gasteiger charge is -2.10. The highest BCUT2D eigenvalue weighted by Crippen LogP contribution is 2.39. The molecule has 2 aliphatic rings. The third kappa shape index (κ3) is 3.85. The predicted molar refractivity (Wildman–Crippen MR) is 82.0 cm³/mol. The van der Waals surface area contributed by atoms with Gasteiger partial charge in [0.1, 0.15) is 0 Å². The number of amides is 1. The van der Waals surface area contributed by atoms with E-state index in [4.69, 9.17) is 4.84 Å². The van der Waals surface area contributed by atoms with Gasteiger partial charge in [0, 0.05) is 6.54 Å². The van der Waals surface area contributed by atoms with Crippen molar-refractivity contribution in [3.05, 3.63) is 35.4 Å². The number of likely N-dealkylation sites (tertiary alicyclic amines) is 1. The molecule has 1 N–H and O–H groups in total. The van der Waals surface area contributed by atoms with Gasteiger partial charge >= 0.3 is 5.97 Å². The van der Waals surface area contributed by atoms with E-state index < -0.39 is 0 Å². The maximum Gasteiger partial charge on any atom is 0.336 e. The molecule has 1 heterocycles. The minimum absolute atomic E-state index is 0.136. The number of rotatable bonds is 4. The smallest absolute Gasteiger partial charge is 0.336 e. The molecule has 1 amide bonds. The molecule has 0 bridgehead atoms. The van der Waals surface area contributed by atoms with Crippen molar-refractivity contribution in [2.75, 3.05) is 20.1 Å². The number of hydrogen-bond acceptors (Lipinski definition) is 4. The van der Waals surface area contributed by atoms with Crippen LogP contribution in [0.5, 0.6) is 0 Å². The predicted octanol–water partition coefficient (Wildman–Crippen LogP) is 1.63. The zero-order chi connectivity index (χ0) is 15.5. The fourth-order valence-electron chi connectivity index (χ4n) is 2.86. The highest BCUT2D eigenvalue weighted by atomic mass is 16.7. The summed E-state index contributed by atoms with van der Waals surface area (Å²) < 4.78 is 0. The molecule has 1 aliphatic carbocycles. The number of hydrogen-bond donors (Lipinski definition) is 1. The Morgan fingerprint density at radius 1 is 1.23 bits per heavy atom. The second kappa shape index (κ2) is 6.48. The minimum Gasteiger partial charge on any atom is -0.340 e. The maximum absolute atomic E-state index is 11.8. The summed E-state index contributed by atoms with van der Waals surface area (Å²) in [5.41, 5.74) is 4.54. The van der Waals surface area contributed by atoms with Gasteiger partial charge in [-0.2, -0.15) is 5.48 Å². The molecule has 2 fully saturated rings. The van der Waals surface area contributed by atoms with Gasteiger partial charge in [0.2, 0.25) is 0 Å². The molecular formula is C17H22N2O3. The number of hydroxylamine groups is 1. The van der Waals surface area contributed by atoms with Crippen molar-refractivity contribution >= 4 is 11.9 Å². The molecule has 1 saturated heterocycles. The maximum atomic E-state index is 11.8. The molecule has 1 aliphatic heterocycles. The summed E-state index contributed by atoms with van der Waals surface area (Å²) in [6, 6.07) is 8.11. The van der Waals surface area contributed by atoms with Gasteiger partial charge in [0.05, 0.1) is 12.3 Å². The first-order chi connectivity index (χ1) is 10.6. The van der Waals surface area contributed by atoms with E-state index in [2.05, 4.69) is 22.5 Å². The lowest BCUT2D eigenvalue weighted by molar-refractivity contribution is -0.161. The van der Waals surface area contributed by atoms with Crippen molar-refractivity contribution in [1.29, 1.82) is 0 Å². The molecule has 1 unspecified atom stereocenters. The zero-order valence-electron chi connectivity index (χ0n) is 12.9. The quantitative estimate of drug-likeness (QED) is 0.859. The Morgan fingerprint density at radius 3 is 2.55 bits per heavy atom. The van der Waals surface area contributed by atoms with E-state index in [1.165, 1.54) is 18.4 Å². The van der Waals surface area contributed by atoms with E-state index in [1.807, 2.05) is 19.2 Å². The Kier molecular flexibility index (Phi) is 4.43. The average Bonchev–Trinajstić information content (AvgIpc) is 3.27. The third-order valence-electron chi connectivity index (χ3n) is 4.38. The number of carbonyl (C=O) groups excluding carboxylic acids is 2. The van der Waals surface area contributed by atoms with E-state index in [-0.39, 0.29) is 24.2 Å². The zero-order valence-corrected chi connectivity index (χ0v) is 12.9. The first-order valence-electron chi connectivity index (χ1n) is 7.88. The van der Waals surface area contributed by atoms with E-state index in [0.29, 0.717) is 12.5 Å². The summed E-state index contributed by atoms with van der Waals surface area (Å²) in [6.07, 6.45) is 3.55. The molecule has 1 aromatic rings. The van der Waals surface area contributed by atoms with Crippen LogP contribution in [-0.4, -0.2) is 36.9 Å². The minimum atomic E-state index is -0.346. The summed E-state index contributed by atoms with van der Waals surface area (Å²) >= 11 is 0. The highest BCUT2D eigenvalue weighted by Gasteiger charge is 2.28. The first kappa shape index (κ1) is 15.0. The SMILES string of the molecule is CN1CCC(C(=O)ONC(=O)Cc2ccc(C3CC3)cc2)C1. The first-order valence-corrected chi connectivity index (χ1v) is 7.88. The molecule has 0 aromatic heterocycles.